The number of benzene rings is 1. The Morgan fingerprint density at radius 1 is 1.47 bits per heavy atom. The summed E-state index contributed by atoms with van der Waals surface area (Å²) in [4.78, 5) is 19.8. The van der Waals surface area contributed by atoms with Crippen LogP contribution in [0.15, 0.2) is 17.0 Å². The molecule has 9 heteroatoms. The lowest BCUT2D eigenvalue weighted by molar-refractivity contribution is -0.385. The fraction of sp³-hybridized carbons (Fsp3) is 0.125. The fourth-order valence-electron chi connectivity index (χ4n) is 1.20. The first-order valence-electron chi connectivity index (χ1n) is 4.15. The van der Waals surface area contributed by atoms with Gasteiger partial charge in [0.05, 0.1) is 17.6 Å². The molecule has 0 aromatic heterocycles. The van der Waals surface area contributed by atoms with Crippen molar-refractivity contribution in [3.63, 3.8) is 0 Å². The average molecular weight is 260 g/mol. The van der Waals surface area contributed by atoms with Crippen LogP contribution >= 0.6 is 0 Å². The van der Waals surface area contributed by atoms with Gasteiger partial charge in [-0.3, -0.25) is 14.9 Å². The molecule has 0 saturated heterocycles. The van der Waals surface area contributed by atoms with Gasteiger partial charge in [-0.25, -0.2) is 13.6 Å². The molecule has 0 fully saturated rings. The Bertz CT molecular complexity index is 580. The largest absolute Gasteiger partial charge is 0.495 e. The Labute approximate surface area is 96.2 Å². The second-order valence-electron chi connectivity index (χ2n) is 2.98. The second-order valence-corrected chi connectivity index (χ2v) is 4.51. The molecule has 1 aromatic rings. The molecular weight excluding hydrogens is 252 g/mol. The highest BCUT2D eigenvalue weighted by Crippen LogP contribution is 2.30. The Balaban J connectivity index is 3.68. The number of rotatable bonds is 4. The molecule has 17 heavy (non-hydrogen) atoms. The van der Waals surface area contributed by atoms with Crippen LogP contribution in [0.5, 0.6) is 5.75 Å². The van der Waals surface area contributed by atoms with Gasteiger partial charge in [-0.1, -0.05) is 0 Å². The van der Waals surface area contributed by atoms with Crippen LogP contribution in [0, 0.1) is 10.1 Å². The second kappa shape index (κ2) is 4.47. The normalized spacial score (nSPS) is 10.9. The Morgan fingerprint density at radius 2 is 2.06 bits per heavy atom. The van der Waals surface area contributed by atoms with Crippen molar-refractivity contribution in [2.24, 2.45) is 5.14 Å². The molecule has 0 radical (unpaired) electrons. The molecule has 0 heterocycles. The lowest BCUT2D eigenvalue weighted by Gasteiger charge is -2.07. The van der Waals surface area contributed by atoms with E-state index >= 15 is 0 Å². The third kappa shape index (κ3) is 2.57. The minimum atomic E-state index is -4.17. The number of sulfonamides is 1. The van der Waals surface area contributed by atoms with Crippen molar-refractivity contribution < 1.29 is 22.9 Å². The highest BCUT2D eigenvalue weighted by molar-refractivity contribution is 7.89. The number of nitro groups is 1. The molecule has 0 aliphatic rings. The zero-order valence-corrected chi connectivity index (χ0v) is 9.43. The Kier molecular flexibility index (Phi) is 3.44. The number of methoxy groups -OCH3 is 1. The number of primary sulfonamides is 1. The van der Waals surface area contributed by atoms with Gasteiger partial charge in [-0.05, 0) is 6.07 Å². The predicted octanol–water partition coefficient (Wildman–Crippen LogP) is 0.0633. The summed E-state index contributed by atoms with van der Waals surface area (Å²) in [7, 11) is -3.01. The minimum absolute atomic E-state index is 0.222. The zero-order chi connectivity index (χ0) is 13.2. The number of hydrogen-bond acceptors (Lipinski definition) is 6. The van der Waals surface area contributed by atoms with Gasteiger partial charge in [0.25, 0.3) is 5.69 Å². The fourth-order valence-corrected chi connectivity index (χ4v) is 1.90. The van der Waals surface area contributed by atoms with E-state index in [0.717, 1.165) is 13.2 Å². The van der Waals surface area contributed by atoms with Crippen molar-refractivity contribution in [2.45, 2.75) is 4.90 Å². The van der Waals surface area contributed by atoms with Crippen LogP contribution in [0.3, 0.4) is 0 Å². The van der Waals surface area contributed by atoms with E-state index in [0.29, 0.717) is 6.07 Å². The van der Waals surface area contributed by atoms with Gasteiger partial charge in [0.2, 0.25) is 10.0 Å². The molecule has 0 aliphatic heterocycles. The third-order valence-electron chi connectivity index (χ3n) is 1.94. The van der Waals surface area contributed by atoms with E-state index in [-0.39, 0.29) is 17.6 Å². The smallest absolute Gasteiger partial charge is 0.281 e. The van der Waals surface area contributed by atoms with E-state index in [1.165, 1.54) is 0 Å². The number of nitro benzene ring substituents is 1. The maximum absolute atomic E-state index is 11.2. The molecule has 0 atom stereocenters. The van der Waals surface area contributed by atoms with Crippen LogP contribution in [-0.4, -0.2) is 26.7 Å². The summed E-state index contributed by atoms with van der Waals surface area (Å²) >= 11 is 0. The Morgan fingerprint density at radius 3 is 2.41 bits per heavy atom. The van der Waals surface area contributed by atoms with E-state index < -0.39 is 25.5 Å². The molecule has 0 amide bonds. The maximum Gasteiger partial charge on any atom is 0.281 e. The molecule has 8 nitrogen and oxygen atoms in total. The van der Waals surface area contributed by atoms with Crippen molar-refractivity contribution in [3.8, 4) is 5.75 Å². The van der Waals surface area contributed by atoms with Crippen LogP contribution in [-0.2, 0) is 10.0 Å². The molecule has 0 spiro atoms. The predicted molar refractivity (Wildman–Crippen MR) is 56.4 cm³/mol. The molecule has 0 bridgehead atoms. The molecule has 0 unspecified atom stereocenters. The van der Waals surface area contributed by atoms with Gasteiger partial charge < -0.3 is 4.74 Å². The molecule has 0 aliphatic carbocycles. The Hall–Kier alpha value is -2.00. The van der Waals surface area contributed by atoms with E-state index in [1.54, 1.807) is 0 Å². The monoisotopic (exact) mass is 260 g/mol. The first-order chi connectivity index (χ1) is 7.81. The summed E-state index contributed by atoms with van der Waals surface area (Å²) in [5, 5.41) is 15.5. The van der Waals surface area contributed by atoms with Crippen molar-refractivity contribution in [1.82, 2.24) is 0 Å². The van der Waals surface area contributed by atoms with Crippen LogP contribution in [0.25, 0.3) is 0 Å². The molecule has 92 valence electrons. The standard InChI is InChI=1S/C8H8N2O6S/c1-16-7-2-5(4-11)6(10(12)13)3-8(7)17(9,14)15/h2-4H,1H3,(H2,9,14,15). The van der Waals surface area contributed by atoms with Gasteiger partial charge >= 0.3 is 0 Å². The summed E-state index contributed by atoms with van der Waals surface area (Å²) in [6, 6.07) is 1.64. The van der Waals surface area contributed by atoms with Crippen molar-refractivity contribution in [2.75, 3.05) is 7.11 Å². The number of nitrogens with two attached hydrogens (primary N) is 1. The first kappa shape index (κ1) is 13.1. The third-order valence-corrected chi connectivity index (χ3v) is 2.88. The quantitative estimate of drug-likeness (QED) is 0.463. The molecule has 1 aromatic carbocycles. The molecule has 1 rings (SSSR count). The van der Waals surface area contributed by atoms with Crippen molar-refractivity contribution in [1.29, 1.82) is 0 Å². The van der Waals surface area contributed by atoms with Gasteiger partial charge in [0, 0.05) is 6.07 Å². The number of carbonyl (C=O) groups is 1. The topological polar surface area (TPSA) is 130 Å². The van der Waals surface area contributed by atoms with Crippen molar-refractivity contribution >= 4 is 22.0 Å². The highest BCUT2D eigenvalue weighted by Gasteiger charge is 2.23. The average Bonchev–Trinajstić information content (AvgIpc) is 2.25. The SMILES string of the molecule is COc1cc(C=O)c([N+](=O)[O-])cc1S(N)(=O)=O. The zero-order valence-electron chi connectivity index (χ0n) is 8.61. The summed E-state index contributed by atoms with van der Waals surface area (Å²) in [5.74, 6) is -0.222. The van der Waals surface area contributed by atoms with Crippen LogP contribution < -0.4 is 9.88 Å². The van der Waals surface area contributed by atoms with E-state index in [2.05, 4.69) is 0 Å². The number of nitrogens with zero attached hydrogens (tertiary/aromatic N) is 1. The molecule has 0 saturated carbocycles. The van der Waals surface area contributed by atoms with Crippen LogP contribution in [0.2, 0.25) is 0 Å². The number of carbonyl (C=O) groups excluding carboxylic acids is 1. The first-order valence-corrected chi connectivity index (χ1v) is 5.70. The van der Waals surface area contributed by atoms with E-state index in [4.69, 9.17) is 9.88 Å². The molecular formula is C8H8N2O6S. The van der Waals surface area contributed by atoms with Crippen LogP contribution in [0.4, 0.5) is 5.69 Å². The summed E-state index contributed by atoms with van der Waals surface area (Å²) in [5.41, 5.74) is -0.941. The number of hydrogen-bond donors (Lipinski definition) is 1. The van der Waals surface area contributed by atoms with Gasteiger partial charge in [0.1, 0.15) is 10.6 Å². The number of ether oxygens (including phenoxy) is 1. The lowest BCUT2D eigenvalue weighted by Crippen LogP contribution is -2.14. The summed E-state index contributed by atoms with van der Waals surface area (Å²) < 4.78 is 27.1. The highest BCUT2D eigenvalue weighted by atomic mass is 32.2. The maximum atomic E-state index is 11.2. The van der Waals surface area contributed by atoms with Gasteiger partial charge in [-0.2, -0.15) is 0 Å². The minimum Gasteiger partial charge on any atom is -0.495 e. The number of aldehydes is 1. The van der Waals surface area contributed by atoms with Crippen molar-refractivity contribution in [3.05, 3.63) is 27.8 Å². The lowest BCUT2D eigenvalue weighted by atomic mass is 10.2. The molecule has 2 N–H and O–H groups in total. The van der Waals surface area contributed by atoms with Crippen LogP contribution in [0.1, 0.15) is 10.4 Å². The van der Waals surface area contributed by atoms with Gasteiger partial charge in [-0.15, -0.1) is 0 Å². The van der Waals surface area contributed by atoms with E-state index in [1.807, 2.05) is 0 Å². The van der Waals surface area contributed by atoms with E-state index in [9.17, 15) is 23.3 Å². The van der Waals surface area contributed by atoms with Gasteiger partial charge in [0.15, 0.2) is 6.29 Å². The summed E-state index contributed by atoms with van der Waals surface area (Å²) in [6.45, 7) is 0. The summed E-state index contributed by atoms with van der Waals surface area (Å²) in [6.07, 6.45) is 0.230.